The minimum absolute atomic E-state index is 0.144. The highest BCUT2D eigenvalue weighted by atomic mass is 35.5. The van der Waals surface area contributed by atoms with Crippen molar-refractivity contribution in [2.75, 3.05) is 32.6 Å². The number of halogens is 1. The number of hydrogen-bond donors (Lipinski definition) is 1. The molecule has 0 aliphatic rings. The number of para-hydroxylation sites is 1. The summed E-state index contributed by atoms with van der Waals surface area (Å²) in [6.07, 6.45) is 0. The smallest absolute Gasteiger partial charge is 0.337 e. The average molecular weight is 391 g/mol. The number of ether oxygens (including phenoxy) is 2. The largest absolute Gasteiger partial charge is 0.484 e. The zero-order chi connectivity index (χ0) is 19.8. The molecule has 0 heterocycles. The topological polar surface area (TPSA) is 84.9 Å². The lowest BCUT2D eigenvalue weighted by atomic mass is 10.2. The van der Waals surface area contributed by atoms with Crippen LogP contribution >= 0.6 is 11.6 Å². The summed E-state index contributed by atoms with van der Waals surface area (Å²) in [7, 11) is 2.79. The molecule has 142 valence electrons. The van der Waals surface area contributed by atoms with Crippen molar-refractivity contribution in [2.45, 2.75) is 0 Å². The number of nitrogens with one attached hydrogen (secondary N) is 1. The Labute approximate surface area is 161 Å². The first-order valence-corrected chi connectivity index (χ1v) is 8.38. The van der Waals surface area contributed by atoms with Gasteiger partial charge in [0.2, 0.25) is 5.91 Å². The highest BCUT2D eigenvalue weighted by Gasteiger charge is 2.15. The van der Waals surface area contributed by atoms with Crippen molar-refractivity contribution in [3.8, 4) is 5.75 Å². The maximum atomic E-state index is 12.1. The molecule has 0 fully saturated rings. The molecular formula is C19H19ClN2O5. The second kappa shape index (κ2) is 9.59. The van der Waals surface area contributed by atoms with Crippen molar-refractivity contribution in [1.29, 1.82) is 0 Å². The van der Waals surface area contributed by atoms with E-state index in [1.165, 1.54) is 31.2 Å². The molecule has 0 aromatic heterocycles. The van der Waals surface area contributed by atoms with E-state index in [0.717, 1.165) is 0 Å². The fourth-order valence-corrected chi connectivity index (χ4v) is 2.30. The summed E-state index contributed by atoms with van der Waals surface area (Å²) in [5, 5.41) is 3.06. The molecule has 0 atom stereocenters. The number of hydrogen-bond acceptors (Lipinski definition) is 5. The average Bonchev–Trinajstić information content (AvgIpc) is 2.67. The Morgan fingerprint density at radius 1 is 1.07 bits per heavy atom. The minimum Gasteiger partial charge on any atom is -0.484 e. The van der Waals surface area contributed by atoms with Gasteiger partial charge in [-0.1, -0.05) is 23.7 Å². The lowest BCUT2D eigenvalue weighted by Crippen LogP contribution is -2.37. The van der Waals surface area contributed by atoms with Crippen LogP contribution in [-0.2, 0) is 14.3 Å². The highest BCUT2D eigenvalue weighted by molar-refractivity contribution is 6.33. The molecule has 2 rings (SSSR count). The van der Waals surface area contributed by atoms with Crippen molar-refractivity contribution in [3.63, 3.8) is 0 Å². The second-order valence-corrected chi connectivity index (χ2v) is 5.99. The number of amides is 2. The molecule has 0 spiro atoms. The Balaban J connectivity index is 1.82. The molecule has 0 aliphatic carbocycles. The van der Waals surface area contributed by atoms with Crippen LogP contribution in [0, 0.1) is 0 Å². The Morgan fingerprint density at radius 2 is 1.74 bits per heavy atom. The fourth-order valence-electron chi connectivity index (χ4n) is 2.12. The number of carbonyl (C=O) groups is 3. The van der Waals surface area contributed by atoms with Gasteiger partial charge in [0.1, 0.15) is 5.75 Å². The quantitative estimate of drug-likeness (QED) is 0.734. The van der Waals surface area contributed by atoms with Gasteiger partial charge in [-0.2, -0.15) is 0 Å². The van der Waals surface area contributed by atoms with Gasteiger partial charge in [0.15, 0.2) is 6.61 Å². The summed E-state index contributed by atoms with van der Waals surface area (Å²) in [6, 6.07) is 13.0. The monoisotopic (exact) mass is 390 g/mol. The van der Waals surface area contributed by atoms with Crippen molar-refractivity contribution in [2.24, 2.45) is 0 Å². The van der Waals surface area contributed by atoms with Crippen molar-refractivity contribution in [1.82, 2.24) is 4.90 Å². The Kier molecular flexibility index (Phi) is 7.19. The Hall–Kier alpha value is -3.06. The summed E-state index contributed by atoms with van der Waals surface area (Å²) in [5.41, 5.74) is 0.858. The predicted octanol–water partition coefficient (Wildman–Crippen LogP) is 2.60. The third kappa shape index (κ3) is 6.00. The first kappa shape index (κ1) is 20.3. The standard InChI is InChI=1S/C19H19ClN2O5/c1-22(11-17(23)21-16-6-4-3-5-15(16)20)18(24)12-27-14-9-7-13(8-10-14)19(25)26-2/h3-10H,11-12H2,1-2H3,(H,21,23). The first-order valence-electron chi connectivity index (χ1n) is 8.00. The molecule has 0 radical (unpaired) electrons. The summed E-state index contributed by atoms with van der Waals surface area (Å²) < 4.78 is 9.99. The third-order valence-corrected chi connectivity index (χ3v) is 3.92. The van der Waals surface area contributed by atoms with Crippen LogP contribution in [0.5, 0.6) is 5.75 Å². The van der Waals surface area contributed by atoms with Crippen molar-refractivity contribution in [3.05, 3.63) is 59.1 Å². The number of methoxy groups -OCH3 is 1. The fraction of sp³-hybridized carbons (Fsp3) is 0.211. The van der Waals surface area contributed by atoms with E-state index in [9.17, 15) is 14.4 Å². The molecule has 27 heavy (non-hydrogen) atoms. The van der Waals surface area contributed by atoms with Crippen molar-refractivity contribution >= 4 is 35.1 Å². The van der Waals surface area contributed by atoms with E-state index in [1.54, 1.807) is 36.4 Å². The molecule has 7 nitrogen and oxygen atoms in total. The second-order valence-electron chi connectivity index (χ2n) is 5.58. The van der Waals surface area contributed by atoms with Crippen LogP contribution in [-0.4, -0.2) is 50.0 Å². The van der Waals surface area contributed by atoms with Crippen LogP contribution in [0.4, 0.5) is 5.69 Å². The first-order chi connectivity index (χ1) is 12.9. The summed E-state index contributed by atoms with van der Waals surface area (Å²) >= 11 is 5.98. The number of rotatable bonds is 7. The molecular weight excluding hydrogens is 372 g/mol. The molecule has 0 unspecified atom stereocenters. The van der Waals surface area contributed by atoms with Crippen LogP contribution in [0.2, 0.25) is 5.02 Å². The molecule has 2 aromatic carbocycles. The maximum Gasteiger partial charge on any atom is 0.337 e. The molecule has 1 N–H and O–H groups in total. The van der Waals surface area contributed by atoms with Crippen LogP contribution in [0.3, 0.4) is 0 Å². The molecule has 8 heteroatoms. The van der Waals surface area contributed by atoms with E-state index >= 15 is 0 Å². The number of benzene rings is 2. The number of nitrogens with zero attached hydrogens (tertiary/aromatic N) is 1. The molecule has 2 aromatic rings. The number of esters is 1. The lowest BCUT2D eigenvalue weighted by Gasteiger charge is -2.17. The molecule has 0 aliphatic heterocycles. The van der Waals surface area contributed by atoms with Gasteiger partial charge in [-0.05, 0) is 36.4 Å². The zero-order valence-electron chi connectivity index (χ0n) is 14.9. The predicted molar refractivity (Wildman–Crippen MR) is 101 cm³/mol. The van der Waals surface area contributed by atoms with E-state index in [-0.39, 0.29) is 25.0 Å². The molecule has 0 saturated carbocycles. The van der Waals surface area contributed by atoms with E-state index in [1.807, 2.05) is 0 Å². The van der Waals surface area contributed by atoms with E-state index < -0.39 is 5.97 Å². The van der Waals surface area contributed by atoms with Gasteiger partial charge < -0.3 is 19.7 Å². The third-order valence-electron chi connectivity index (χ3n) is 3.59. The van der Waals surface area contributed by atoms with Crippen LogP contribution in [0.25, 0.3) is 0 Å². The molecule has 2 amide bonds. The SMILES string of the molecule is COC(=O)c1ccc(OCC(=O)N(C)CC(=O)Nc2ccccc2Cl)cc1. The van der Waals surface area contributed by atoms with Crippen LogP contribution in [0.1, 0.15) is 10.4 Å². The van der Waals surface area contributed by atoms with Crippen molar-refractivity contribution < 1.29 is 23.9 Å². The lowest BCUT2D eigenvalue weighted by molar-refractivity contribution is -0.135. The normalized spacial score (nSPS) is 10.0. The van der Waals surface area contributed by atoms with Gasteiger partial charge >= 0.3 is 5.97 Å². The van der Waals surface area contributed by atoms with Gasteiger partial charge in [-0.15, -0.1) is 0 Å². The van der Waals surface area contributed by atoms with Crippen LogP contribution < -0.4 is 10.1 Å². The summed E-state index contributed by atoms with van der Waals surface area (Å²) in [6.45, 7) is -0.387. The van der Waals surface area contributed by atoms with E-state index in [0.29, 0.717) is 22.0 Å². The number of likely N-dealkylation sites (N-methyl/N-ethyl adjacent to an activating group) is 1. The molecule has 0 saturated heterocycles. The van der Waals surface area contributed by atoms with E-state index in [2.05, 4.69) is 10.1 Å². The van der Waals surface area contributed by atoms with Gasteiger partial charge in [0.25, 0.3) is 5.91 Å². The Bertz CT molecular complexity index is 823. The van der Waals surface area contributed by atoms with Gasteiger partial charge in [0.05, 0.1) is 29.9 Å². The summed E-state index contributed by atoms with van der Waals surface area (Å²) in [5.74, 6) is -0.783. The number of carbonyl (C=O) groups excluding carboxylic acids is 3. The van der Waals surface area contributed by atoms with Gasteiger partial charge in [-0.25, -0.2) is 4.79 Å². The van der Waals surface area contributed by atoms with Gasteiger partial charge in [-0.3, -0.25) is 9.59 Å². The highest BCUT2D eigenvalue weighted by Crippen LogP contribution is 2.20. The summed E-state index contributed by atoms with van der Waals surface area (Å²) in [4.78, 5) is 36.8. The van der Waals surface area contributed by atoms with Gasteiger partial charge in [0, 0.05) is 7.05 Å². The molecule has 0 bridgehead atoms. The van der Waals surface area contributed by atoms with Crippen LogP contribution in [0.15, 0.2) is 48.5 Å². The Morgan fingerprint density at radius 3 is 2.37 bits per heavy atom. The van der Waals surface area contributed by atoms with E-state index in [4.69, 9.17) is 16.3 Å². The minimum atomic E-state index is -0.457. The maximum absolute atomic E-state index is 12.1. The zero-order valence-corrected chi connectivity index (χ0v) is 15.7. The number of anilines is 1.